The van der Waals surface area contributed by atoms with Crippen LogP contribution >= 0.6 is 0 Å². The predicted molar refractivity (Wildman–Crippen MR) is 120 cm³/mol. The van der Waals surface area contributed by atoms with Crippen molar-refractivity contribution in [1.82, 2.24) is 4.90 Å². The zero-order valence-electron chi connectivity index (χ0n) is 20.2. The van der Waals surface area contributed by atoms with Crippen molar-refractivity contribution in [3.8, 4) is 0 Å². The Morgan fingerprint density at radius 1 is 0.800 bits per heavy atom. The molecule has 1 fully saturated rings. The third-order valence-electron chi connectivity index (χ3n) is 6.77. The van der Waals surface area contributed by atoms with E-state index in [1.807, 2.05) is 11.8 Å². The van der Waals surface area contributed by atoms with Gasteiger partial charge in [-0.2, -0.15) is 0 Å². The van der Waals surface area contributed by atoms with Crippen LogP contribution < -0.4 is 0 Å². The van der Waals surface area contributed by atoms with Gasteiger partial charge in [-0.3, -0.25) is 4.79 Å². The van der Waals surface area contributed by atoms with Crippen LogP contribution in [0.4, 0.5) is 0 Å². The summed E-state index contributed by atoms with van der Waals surface area (Å²) in [5, 5.41) is 0. The normalized spacial score (nSPS) is 22.5. The van der Waals surface area contributed by atoms with Crippen molar-refractivity contribution in [2.75, 3.05) is 55.7 Å². The van der Waals surface area contributed by atoms with Crippen LogP contribution in [0.15, 0.2) is 0 Å². The Morgan fingerprint density at radius 3 is 1.63 bits per heavy atom. The number of nitrogens with zero attached hydrogens (tertiary/aromatic N) is 1. The van der Waals surface area contributed by atoms with E-state index < -0.39 is 17.6 Å². The molecule has 8 nitrogen and oxygen atoms in total. The Bertz CT molecular complexity index is 487. The summed E-state index contributed by atoms with van der Waals surface area (Å²) in [4.78, 5) is 14.0. The highest BCUT2D eigenvalue weighted by Gasteiger charge is 2.43. The highest BCUT2D eigenvalue weighted by molar-refractivity contribution is 6.60. The molecule has 178 valence electrons. The van der Waals surface area contributed by atoms with Crippen LogP contribution in [0.1, 0.15) is 39.5 Å². The van der Waals surface area contributed by atoms with Gasteiger partial charge in [-0.15, -0.1) is 0 Å². The zero-order valence-corrected chi connectivity index (χ0v) is 22.2. The summed E-state index contributed by atoms with van der Waals surface area (Å²) in [7, 11) is 4.79. The number of carbonyl (C=O) groups is 1. The van der Waals surface area contributed by atoms with E-state index in [9.17, 15) is 4.79 Å². The van der Waals surface area contributed by atoms with Gasteiger partial charge in [0.25, 0.3) is 0 Å². The summed E-state index contributed by atoms with van der Waals surface area (Å²) < 4.78 is 33.7. The van der Waals surface area contributed by atoms with Gasteiger partial charge in [0.1, 0.15) is 0 Å². The molecule has 30 heavy (non-hydrogen) atoms. The lowest BCUT2D eigenvalue weighted by Gasteiger charge is -2.29. The maximum atomic E-state index is 12.0. The van der Waals surface area contributed by atoms with Crippen molar-refractivity contribution in [3.63, 3.8) is 0 Å². The van der Waals surface area contributed by atoms with Crippen LogP contribution in [0.3, 0.4) is 0 Å². The molecule has 0 aliphatic heterocycles. The fraction of sp³-hybridized carbons (Fsp3) is 0.950. The number of hydrogen-bond acceptors (Lipinski definition) is 7. The van der Waals surface area contributed by atoms with Gasteiger partial charge >= 0.3 is 17.6 Å². The van der Waals surface area contributed by atoms with Gasteiger partial charge in [0, 0.05) is 74.8 Å². The fourth-order valence-electron chi connectivity index (χ4n) is 4.77. The van der Waals surface area contributed by atoms with Crippen molar-refractivity contribution in [3.05, 3.63) is 0 Å². The van der Waals surface area contributed by atoms with Crippen LogP contribution in [0.5, 0.6) is 0 Å². The molecule has 10 heteroatoms. The molecule has 1 amide bonds. The van der Waals surface area contributed by atoms with Crippen molar-refractivity contribution >= 4 is 23.5 Å². The van der Waals surface area contributed by atoms with Gasteiger partial charge in [-0.05, 0) is 50.4 Å². The average Bonchev–Trinajstić information content (AvgIpc) is 3.16. The SMILES string of the molecule is CCN(CC1CC(CC[Si](OC)(OC)OC)CC1CC[Si](OC)(OC)OC)C(C)=O. The van der Waals surface area contributed by atoms with Gasteiger partial charge < -0.3 is 31.5 Å². The summed E-state index contributed by atoms with van der Waals surface area (Å²) in [5.41, 5.74) is 0. The quantitative estimate of drug-likeness (QED) is 0.344. The summed E-state index contributed by atoms with van der Waals surface area (Å²) in [5.74, 6) is 1.65. The first-order chi connectivity index (χ1) is 14.3. The number of hydrogen-bond donors (Lipinski definition) is 0. The minimum Gasteiger partial charge on any atom is -0.377 e. The molecule has 0 saturated heterocycles. The zero-order chi connectivity index (χ0) is 22.8. The molecule has 0 aromatic carbocycles. The Hall–Kier alpha value is -0.336. The summed E-state index contributed by atoms with van der Waals surface area (Å²) in [6, 6.07) is 1.58. The topological polar surface area (TPSA) is 75.7 Å². The molecule has 0 spiro atoms. The summed E-state index contributed by atoms with van der Waals surface area (Å²) in [6.45, 7) is 5.23. The first-order valence-electron chi connectivity index (χ1n) is 10.8. The molecule has 1 rings (SSSR count). The van der Waals surface area contributed by atoms with Crippen molar-refractivity contribution < 1.29 is 31.4 Å². The molecule has 1 aliphatic carbocycles. The number of carbonyl (C=O) groups excluding carboxylic acids is 1. The van der Waals surface area contributed by atoms with Crippen molar-refractivity contribution in [2.24, 2.45) is 17.8 Å². The molecule has 0 aromatic heterocycles. The molecular weight excluding hydrogens is 422 g/mol. The monoisotopic (exact) mass is 465 g/mol. The van der Waals surface area contributed by atoms with E-state index in [1.165, 1.54) is 0 Å². The smallest absolute Gasteiger partial charge is 0.377 e. The van der Waals surface area contributed by atoms with Crippen LogP contribution in [0.25, 0.3) is 0 Å². The molecule has 3 unspecified atom stereocenters. The second kappa shape index (κ2) is 13.3. The third-order valence-corrected chi connectivity index (χ3v) is 12.3. The van der Waals surface area contributed by atoms with Gasteiger partial charge in [0.15, 0.2) is 0 Å². The van der Waals surface area contributed by atoms with Crippen LogP contribution in [0, 0.1) is 17.8 Å². The van der Waals surface area contributed by atoms with E-state index in [0.29, 0.717) is 17.8 Å². The average molecular weight is 466 g/mol. The predicted octanol–water partition coefficient (Wildman–Crippen LogP) is 3.03. The summed E-state index contributed by atoms with van der Waals surface area (Å²) >= 11 is 0. The van der Waals surface area contributed by atoms with Gasteiger partial charge in [0.05, 0.1) is 0 Å². The van der Waals surface area contributed by atoms with Gasteiger partial charge in [-0.25, -0.2) is 0 Å². The fourth-order valence-corrected chi connectivity index (χ4v) is 8.48. The van der Waals surface area contributed by atoms with E-state index in [1.54, 1.807) is 49.6 Å². The highest BCUT2D eigenvalue weighted by atomic mass is 28.4. The first kappa shape index (κ1) is 27.7. The van der Waals surface area contributed by atoms with E-state index in [2.05, 4.69) is 0 Å². The van der Waals surface area contributed by atoms with Gasteiger partial charge in [0.2, 0.25) is 5.91 Å². The van der Waals surface area contributed by atoms with Crippen molar-refractivity contribution in [1.29, 1.82) is 0 Å². The Morgan fingerprint density at radius 2 is 1.23 bits per heavy atom. The lowest BCUT2D eigenvalue weighted by atomic mass is 9.93. The van der Waals surface area contributed by atoms with E-state index >= 15 is 0 Å². The summed E-state index contributed by atoms with van der Waals surface area (Å²) in [6.07, 6.45) is 4.18. The second-order valence-corrected chi connectivity index (χ2v) is 14.3. The molecule has 0 aromatic rings. The maximum absolute atomic E-state index is 12.0. The van der Waals surface area contributed by atoms with Crippen LogP contribution in [0.2, 0.25) is 12.1 Å². The lowest BCUT2D eigenvalue weighted by molar-refractivity contribution is -0.129. The van der Waals surface area contributed by atoms with Crippen molar-refractivity contribution in [2.45, 2.75) is 51.6 Å². The standard InChI is InChI=1S/C20H43NO7Si2/c1-9-21(17(2)22)16-20-15-18(10-12-29(23-3,24-4)25-5)14-19(20)11-13-30(26-6,27-7)28-8/h18-20H,9-16H2,1-8H3. The van der Waals surface area contributed by atoms with E-state index in [-0.39, 0.29) is 5.91 Å². The number of rotatable bonds is 15. The largest absolute Gasteiger partial charge is 0.500 e. The molecule has 0 N–H and O–H groups in total. The number of amides is 1. The Kier molecular flexibility index (Phi) is 12.2. The van der Waals surface area contributed by atoms with Gasteiger partial charge in [-0.1, -0.05) is 0 Å². The Labute approximate surface area is 185 Å². The minimum absolute atomic E-state index is 0.138. The minimum atomic E-state index is -2.61. The van der Waals surface area contributed by atoms with Crippen LogP contribution in [-0.4, -0.2) is 84.2 Å². The molecule has 0 bridgehead atoms. The molecule has 0 radical (unpaired) electrons. The third kappa shape index (κ3) is 7.37. The molecule has 1 aliphatic rings. The second-order valence-electron chi connectivity index (χ2n) is 8.08. The van der Waals surface area contributed by atoms with E-state index in [0.717, 1.165) is 50.9 Å². The van der Waals surface area contributed by atoms with Crippen LogP contribution in [-0.2, 0) is 31.4 Å². The molecule has 3 atom stereocenters. The molecular formula is C20H43NO7Si2. The maximum Gasteiger partial charge on any atom is 0.500 e. The Balaban J connectivity index is 2.86. The first-order valence-corrected chi connectivity index (χ1v) is 14.7. The lowest BCUT2D eigenvalue weighted by Crippen LogP contribution is -2.43. The van der Waals surface area contributed by atoms with E-state index in [4.69, 9.17) is 26.6 Å². The molecule has 1 saturated carbocycles. The highest BCUT2D eigenvalue weighted by Crippen LogP contribution is 2.43. The molecule has 0 heterocycles.